The predicted octanol–water partition coefficient (Wildman–Crippen LogP) is 1.62. The minimum atomic E-state index is -0.594. The van der Waals surface area contributed by atoms with E-state index in [2.05, 4.69) is 20.6 Å². The van der Waals surface area contributed by atoms with Crippen LogP contribution in [0.4, 0.5) is 11.5 Å². The topological polar surface area (TPSA) is 139 Å². The Kier molecular flexibility index (Phi) is 7.88. The van der Waals surface area contributed by atoms with E-state index in [-0.39, 0.29) is 28.3 Å². The first-order chi connectivity index (χ1) is 13.4. The number of carbonyl (C=O) groups is 2. The van der Waals surface area contributed by atoms with Gasteiger partial charge in [0.25, 0.3) is 11.5 Å². The summed E-state index contributed by atoms with van der Waals surface area (Å²) in [4.78, 5) is 42.8. The van der Waals surface area contributed by atoms with E-state index in [1.54, 1.807) is 24.3 Å². The number of nitrogens with one attached hydrogen (secondary N) is 3. The molecule has 5 N–H and O–H groups in total. The van der Waals surface area contributed by atoms with Gasteiger partial charge in [-0.05, 0) is 37.6 Å². The highest BCUT2D eigenvalue weighted by Gasteiger charge is 2.15. The summed E-state index contributed by atoms with van der Waals surface area (Å²) in [5, 5.41) is 5.39. The van der Waals surface area contributed by atoms with Gasteiger partial charge < -0.3 is 21.1 Å². The fourth-order valence-corrected chi connectivity index (χ4v) is 2.86. The highest BCUT2D eigenvalue weighted by molar-refractivity contribution is 7.99. The fraction of sp³-hybridized carbons (Fsp3) is 0.333. The van der Waals surface area contributed by atoms with Gasteiger partial charge in [-0.15, -0.1) is 0 Å². The second-order valence-corrected chi connectivity index (χ2v) is 6.65. The van der Waals surface area contributed by atoms with Crippen LogP contribution in [0.3, 0.4) is 0 Å². The van der Waals surface area contributed by atoms with E-state index >= 15 is 0 Å². The Bertz CT molecular complexity index is 883. The normalized spacial score (nSPS) is 10.4. The second-order valence-electron chi connectivity index (χ2n) is 5.68. The van der Waals surface area contributed by atoms with Crippen molar-refractivity contribution in [3.8, 4) is 5.75 Å². The van der Waals surface area contributed by atoms with Crippen LogP contribution in [0.1, 0.15) is 30.6 Å². The zero-order chi connectivity index (χ0) is 20.5. The summed E-state index contributed by atoms with van der Waals surface area (Å²) in [5.74, 6) is -0.0513. The van der Waals surface area contributed by atoms with Crippen LogP contribution in [-0.4, -0.2) is 40.7 Å². The minimum absolute atomic E-state index is 0.0975. The zero-order valence-electron chi connectivity index (χ0n) is 15.7. The molecule has 0 aliphatic heterocycles. The SMILES string of the molecule is CCCNC(=O)CSc1nc(N)c(NC(=O)c2ccc(OCC)cc2)c(=O)[nH]1. The molecule has 1 aromatic carbocycles. The third-order valence-electron chi connectivity index (χ3n) is 3.50. The standard InChI is InChI=1S/C18H23N5O4S/c1-3-9-20-13(24)10-28-18-22-15(19)14(17(26)23-18)21-16(25)11-5-7-12(8-6-11)27-4-2/h5-8H,3-4,9-10H2,1-2H3,(H,20,24)(H,21,25)(H3,19,22,23,26). The molecule has 1 aromatic heterocycles. The number of thioether (sulfide) groups is 1. The number of nitrogen functional groups attached to an aromatic ring is 1. The summed E-state index contributed by atoms with van der Waals surface area (Å²) in [7, 11) is 0. The van der Waals surface area contributed by atoms with E-state index < -0.39 is 11.5 Å². The highest BCUT2D eigenvalue weighted by atomic mass is 32.2. The monoisotopic (exact) mass is 405 g/mol. The molecule has 2 rings (SSSR count). The number of rotatable bonds is 9. The second kappa shape index (κ2) is 10.4. The smallest absolute Gasteiger partial charge is 0.277 e. The molecule has 0 atom stereocenters. The maximum Gasteiger partial charge on any atom is 0.277 e. The molecule has 10 heteroatoms. The van der Waals surface area contributed by atoms with Crippen molar-refractivity contribution < 1.29 is 14.3 Å². The highest BCUT2D eigenvalue weighted by Crippen LogP contribution is 2.18. The van der Waals surface area contributed by atoms with Gasteiger partial charge in [0.05, 0.1) is 12.4 Å². The Morgan fingerprint density at radius 1 is 1.25 bits per heavy atom. The van der Waals surface area contributed by atoms with Crippen LogP contribution in [0.25, 0.3) is 0 Å². The number of anilines is 2. The Balaban J connectivity index is 2.04. The van der Waals surface area contributed by atoms with E-state index in [1.807, 2.05) is 13.8 Å². The van der Waals surface area contributed by atoms with E-state index in [0.29, 0.717) is 24.5 Å². The largest absolute Gasteiger partial charge is 0.494 e. The molecule has 1 heterocycles. The Morgan fingerprint density at radius 2 is 1.96 bits per heavy atom. The maximum absolute atomic E-state index is 12.3. The van der Waals surface area contributed by atoms with Crippen LogP contribution in [0.5, 0.6) is 5.75 Å². The molecular formula is C18H23N5O4S. The molecule has 0 aliphatic carbocycles. The molecule has 0 saturated carbocycles. The van der Waals surface area contributed by atoms with Gasteiger partial charge in [0.15, 0.2) is 11.0 Å². The summed E-state index contributed by atoms with van der Waals surface area (Å²) in [6.45, 7) is 4.92. The molecule has 2 amide bonds. The van der Waals surface area contributed by atoms with Crippen molar-refractivity contribution >= 4 is 35.1 Å². The molecule has 2 aromatic rings. The van der Waals surface area contributed by atoms with Crippen LogP contribution in [-0.2, 0) is 4.79 Å². The van der Waals surface area contributed by atoms with Gasteiger partial charge in [-0.25, -0.2) is 4.98 Å². The minimum Gasteiger partial charge on any atom is -0.494 e. The number of H-pyrrole nitrogens is 1. The van der Waals surface area contributed by atoms with Gasteiger partial charge in [-0.2, -0.15) is 0 Å². The predicted molar refractivity (Wildman–Crippen MR) is 109 cm³/mol. The van der Waals surface area contributed by atoms with Crippen LogP contribution < -0.4 is 26.7 Å². The van der Waals surface area contributed by atoms with Crippen molar-refractivity contribution in [1.29, 1.82) is 0 Å². The zero-order valence-corrected chi connectivity index (χ0v) is 16.5. The van der Waals surface area contributed by atoms with Crippen LogP contribution >= 0.6 is 11.8 Å². The lowest BCUT2D eigenvalue weighted by Gasteiger charge is -2.09. The number of aromatic amines is 1. The third kappa shape index (κ3) is 6.02. The lowest BCUT2D eigenvalue weighted by Crippen LogP contribution is -2.26. The fourth-order valence-electron chi connectivity index (χ4n) is 2.16. The van der Waals surface area contributed by atoms with E-state index in [9.17, 15) is 14.4 Å². The van der Waals surface area contributed by atoms with E-state index in [0.717, 1.165) is 18.2 Å². The number of aromatic nitrogens is 2. The number of amides is 2. The summed E-state index contributed by atoms with van der Waals surface area (Å²) in [5.41, 5.74) is 5.43. The first-order valence-corrected chi connectivity index (χ1v) is 9.76. The third-order valence-corrected chi connectivity index (χ3v) is 4.38. The van der Waals surface area contributed by atoms with Crippen molar-refractivity contribution in [2.75, 3.05) is 30.0 Å². The van der Waals surface area contributed by atoms with Crippen LogP contribution in [0, 0.1) is 0 Å². The van der Waals surface area contributed by atoms with Crippen molar-refractivity contribution in [2.24, 2.45) is 0 Å². The average Bonchev–Trinajstić information content (AvgIpc) is 2.68. The molecule has 28 heavy (non-hydrogen) atoms. The summed E-state index contributed by atoms with van der Waals surface area (Å²) < 4.78 is 5.32. The van der Waals surface area contributed by atoms with E-state index in [4.69, 9.17) is 10.5 Å². The number of nitrogens with two attached hydrogens (primary N) is 1. The number of hydrogen-bond donors (Lipinski definition) is 4. The molecule has 0 saturated heterocycles. The first kappa shape index (κ1) is 21.3. The van der Waals surface area contributed by atoms with Gasteiger partial charge in [0.1, 0.15) is 11.4 Å². The molecule has 0 unspecified atom stereocenters. The lowest BCUT2D eigenvalue weighted by molar-refractivity contribution is -0.118. The molecule has 0 radical (unpaired) electrons. The molecule has 0 fully saturated rings. The quantitative estimate of drug-likeness (QED) is 0.367. The van der Waals surface area contributed by atoms with Crippen LogP contribution in [0.15, 0.2) is 34.2 Å². The first-order valence-electron chi connectivity index (χ1n) is 8.78. The molecule has 0 spiro atoms. The van der Waals surface area contributed by atoms with Gasteiger partial charge in [-0.1, -0.05) is 18.7 Å². The number of carbonyl (C=O) groups excluding carboxylic acids is 2. The molecule has 150 valence electrons. The molecule has 0 bridgehead atoms. The Labute approximate surface area is 166 Å². The molecular weight excluding hydrogens is 382 g/mol. The van der Waals surface area contributed by atoms with Crippen LogP contribution in [0.2, 0.25) is 0 Å². The summed E-state index contributed by atoms with van der Waals surface area (Å²) >= 11 is 1.05. The Hall–Kier alpha value is -3.01. The molecule has 9 nitrogen and oxygen atoms in total. The number of nitrogens with zero attached hydrogens (tertiary/aromatic N) is 1. The van der Waals surface area contributed by atoms with Gasteiger partial charge in [0, 0.05) is 12.1 Å². The maximum atomic E-state index is 12.3. The van der Waals surface area contributed by atoms with Gasteiger partial charge in [-0.3, -0.25) is 19.4 Å². The molecule has 0 aliphatic rings. The summed E-state index contributed by atoms with van der Waals surface area (Å²) in [6.07, 6.45) is 0.835. The van der Waals surface area contributed by atoms with Crippen molar-refractivity contribution in [2.45, 2.75) is 25.4 Å². The Morgan fingerprint density at radius 3 is 2.57 bits per heavy atom. The van der Waals surface area contributed by atoms with E-state index in [1.165, 1.54) is 0 Å². The number of hydrogen-bond acceptors (Lipinski definition) is 7. The number of benzene rings is 1. The van der Waals surface area contributed by atoms with Gasteiger partial charge >= 0.3 is 0 Å². The van der Waals surface area contributed by atoms with Crippen molar-refractivity contribution in [3.63, 3.8) is 0 Å². The lowest BCUT2D eigenvalue weighted by atomic mass is 10.2. The van der Waals surface area contributed by atoms with Crippen molar-refractivity contribution in [3.05, 3.63) is 40.2 Å². The summed E-state index contributed by atoms with van der Waals surface area (Å²) in [6, 6.07) is 6.48. The van der Waals surface area contributed by atoms with Crippen molar-refractivity contribution in [1.82, 2.24) is 15.3 Å². The average molecular weight is 405 g/mol. The van der Waals surface area contributed by atoms with Gasteiger partial charge in [0.2, 0.25) is 5.91 Å². The number of ether oxygens (including phenoxy) is 1.